The van der Waals surface area contributed by atoms with Crippen LogP contribution in [0.3, 0.4) is 0 Å². The molecule has 0 aliphatic heterocycles. The number of hydrogen-bond acceptors (Lipinski definition) is 4. The SMILES string of the molecule is O=S(=O)(NCCSC(F)(F)F)c1ccc(Cl)c(CO)c1. The van der Waals surface area contributed by atoms with Crippen molar-refractivity contribution >= 4 is 33.4 Å². The Morgan fingerprint density at radius 2 is 2.00 bits per heavy atom. The van der Waals surface area contributed by atoms with Crippen molar-refractivity contribution in [2.45, 2.75) is 17.0 Å². The molecule has 0 radical (unpaired) electrons. The molecular weight excluding hydrogens is 339 g/mol. The van der Waals surface area contributed by atoms with Crippen LogP contribution in [0.4, 0.5) is 13.2 Å². The van der Waals surface area contributed by atoms with E-state index < -0.39 is 27.9 Å². The van der Waals surface area contributed by atoms with Gasteiger partial charge in [-0.3, -0.25) is 0 Å². The Hall–Kier alpha value is -0.480. The molecule has 1 rings (SSSR count). The Balaban J connectivity index is 2.69. The van der Waals surface area contributed by atoms with Crippen molar-refractivity contribution < 1.29 is 26.7 Å². The van der Waals surface area contributed by atoms with Crippen LogP contribution in [0.25, 0.3) is 0 Å². The molecule has 0 saturated heterocycles. The van der Waals surface area contributed by atoms with Gasteiger partial charge in [0.15, 0.2) is 0 Å². The predicted octanol–water partition coefficient (Wildman–Crippen LogP) is 2.36. The van der Waals surface area contributed by atoms with Crippen LogP contribution in [0.5, 0.6) is 0 Å². The highest BCUT2D eigenvalue weighted by Gasteiger charge is 2.27. The first-order chi connectivity index (χ1) is 9.15. The largest absolute Gasteiger partial charge is 0.441 e. The van der Waals surface area contributed by atoms with Gasteiger partial charge in [0, 0.05) is 17.3 Å². The van der Waals surface area contributed by atoms with E-state index in [1.807, 2.05) is 4.72 Å². The topological polar surface area (TPSA) is 66.4 Å². The second-order valence-electron chi connectivity index (χ2n) is 3.60. The monoisotopic (exact) mass is 349 g/mol. The summed E-state index contributed by atoms with van der Waals surface area (Å²) in [5.41, 5.74) is -4.17. The first-order valence-corrected chi connectivity index (χ1v) is 8.10. The van der Waals surface area contributed by atoms with Gasteiger partial charge in [0.2, 0.25) is 10.0 Å². The van der Waals surface area contributed by atoms with Crippen LogP contribution in [-0.4, -0.2) is 31.3 Å². The van der Waals surface area contributed by atoms with E-state index in [-0.39, 0.29) is 33.8 Å². The van der Waals surface area contributed by atoms with Crippen LogP contribution in [-0.2, 0) is 16.6 Å². The Kier molecular flexibility index (Phi) is 6.14. The summed E-state index contributed by atoms with van der Waals surface area (Å²) in [6, 6.07) is 3.68. The zero-order valence-electron chi connectivity index (χ0n) is 9.95. The molecule has 0 aliphatic carbocycles. The standard InChI is InChI=1S/C10H11ClF3NO3S2/c11-9-2-1-8(5-7(9)6-16)20(17,18)15-3-4-19-10(12,13)14/h1-2,5,15-16H,3-4,6H2. The summed E-state index contributed by atoms with van der Waals surface area (Å²) in [7, 11) is -3.93. The molecule has 0 fully saturated rings. The van der Waals surface area contributed by atoms with Crippen molar-refractivity contribution in [2.75, 3.05) is 12.3 Å². The average molecular weight is 350 g/mol. The fourth-order valence-electron chi connectivity index (χ4n) is 1.27. The molecule has 0 amide bonds. The molecule has 0 spiro atoms. The molecular formula is C10H11ClF3NO3S2. The molecule has 20 heavy (non-hydrogen) atoms. The lowest BCUT2D eigenvalue weighted by Crippen LogP contribution is -2.26. The lowest BCUT2D eigenvalue weighted by Gasteiger charge is -2.09. The first kappa shape index (κ1) is 17.6. The van der Waals surface area contributed by atoms with Crippen molar-refractivity contribution in [1.82, 2.24) is 4.72 Å². The van der Waals surface area contributed by atoms with E-state index in [1.54, 1.807) is 0 Å². The van der Waals surface area contributed by atoms with Crippen molar-refractivity contribution in [1.29, 1.82) is 0 Å². The maximum absolute atomic E-state index is 11.9. The lowest BCUT2D eigenvalue weighted by molar-refractivity contribution is -0.0327. The molecule has 0 bridgehead atoms. The third-order valence-corrected chi connectivity index (χ3v) is 4.72. The second-order valence-corrected chi connectivity index (χ2v) is 6.94. The minimum atomic E-state index is -4.39. The van der Waals surface area contributed by atoms with Gasteiger partial charge >= 0.3 is 5.51 Å². The van der Waals surface area contributed by atoms with E-state index in [1.165, 1.54) is 18.2 Å². The highest BCUT2D eigenvalue weighted by molar-refractivity contribution is 8.00. The van der Waals surface area contributed by atoms with Gasteiger partial charge in [-0.1, -0.05) is 11.6 Å². The number of hydrogen-bond donors (Lipinski definition) is 2. The van der Waals surface area contributed by atoms with Crippen molar-refractivity contribution in [3.8, 4) is 0 Å². The number of nitrogens with one attached hydrogen (secondary N) is 1. The molecule has 0 aliphatic rings. The van der Waals surface area contributed by atoms with Gasteiger partial charge in [0.1, 0.15) is 0 Å². The van der Waals surface area contributed by atoms with Crippen molar-refractivity contribution in [2.24, 2.45) is 0 Å². The summed E-state index contributed by atoms with van der Waals surface area (Å²) in [4.78, 5) is -0.164. The molecule has 114 valence electrons. The normalized spacial score (nSPS) is 12.7. The van der Waals surface area contributed by atoms with Gasteiger partial charge < -0.3 is 5.11 Å². The van der Waals surface area contributed by atoms with Crippen molar-refractivity contribution in [3.63, 3.8) is 0 Å². The van der Waals surface area contributed by atoms with Crippen LogP contribution in [0, 0.1) is 0 Å². The van der Waals surface area contributed by atoms with Crippen LogP contribution in [0.15, 0.2) is 23.1 Å². The number of rotatable bonds is 6. The molecule has 0 saturated carbocycles. The number of halogens is 4. The molecule has 0 unspecified atom stereocenters. The molecule has 0 atom stereocenters. The Morgan fingerprint density at radius 3 is 2.55 bits per heavy atom. The fraction of sp³-hybridized carbons (Fsp3) is 0.400. The van der Waals surface area contributed by atoms with Crippen LogP contribution < -0.4 is 4.72 Å². The number of sulfonamides is 1. The Bertz CT molecular complexity index is 563. The van der Waals surface area contributed by atoms with Crippen LogP contribution in [0.1, 0.15) is 5.56 Å². The highest BCUT2D eigenvalue weighted by atomic mass is 35.5. The summed E-state index contributed by atoms with van der Waals surface area (Å²) in [6.07, 6.45) is 0. The van der Waals surface area contributed by atoms with E-state index in [0.29, 0.717) is 0 Å². The van der Waals surface area contributed by atoms with Gasteiger partial charge in [-0.05, 0) is 35.5 Å². The quantitative estimate of drug-likeness (QED) is 0.774. The van der Waals surface area contributed by atoms with E-state index >= 15 is 0 Å². The molecule has 2 N–H and O–H groups in total. The maximum atomic E-state index is 11.9. The molecule has 4 nitrogen and oxygen atoms in total. The third kappa shape index (κ3) is 5.49. The smallest absolute Gasteiger partial charge is 0.392 e. The molecule has 10 heteroatoms. The number of benzene rings is 1. The zero-order chi connectivity index (χ0) is 15.4. The van der Waals surface area contributed by atoms with Gasteiger partial charge in [-0.25, -0.2) is 13.1 Å². The lowest BCUT2D eigenvalue weighted by atomic mass is 10.2. The summed E-state index contributed by atoms with van der Waals surface area (Å²) in [5.74, 6) is -0.427. The zero-order valence-corrected chi connectivity index (χ0v) is 12.3. The summed E-state index contributed by atoms with van der Waals surface area (Å²) < 4.78 is 61.3. The van der Waals surface area contributed by atoms with Gasteiger partial charge in [0.05, 0.1) is 11.5 Å². The van der Waals surface area contributed by atoms with Crippen LogP contribution in [0.2, 0.25) is 5.02 Å². The predicted molar refractivity (Wildman–Crippen MR) is 71.1 cm³/mol. The summed E-state index contributed by atoms with van der Waals surface area (Å²) in [6.45, 7) is -0.796. The minimum absolute atomic E-state index is 0.164. The Morgan fingerprint density at radius 1 is 1.35 bits per heavy atom. The Labute approximate surface area is 123 Å². The highest BCUT2D eigenvalue weighted by Crippen LogP contribution is 2.29. The number of aliphatic hydroxyl groups excluding tert-OH is 1. The number of alkyl halides is 3. The molecule has 0 aromatic heterocycles. The van der Waals surface area contributed by atoms with E-state index in [2.05, 4.69) is 0 Å². The van der Waals surface area contributed by atoms with E-state index in [0.717, 1.165) is 0 Å². The number of thioether (sulfide) groups is 1. The van der Waals surface area contributed by atoms with Gasteiger partial charge in [0.25, 0.3) is 0 Å². The minimum Gasteiger partial charge on any atom is -0.392 e. The fourth-order valence-corrected chi connectivity index (χ4v) is 3.09. The first-order valence-electron chi connectivity index (χ1n) is 5.25. The van der Waals surface area contributed by atoms with E-state index in [9.17, 15) is 21.6 Å². The van der Waals surface area contributed by atoms with Crippen LogP contribution >= 0.6 is 23.4 Å². The molecule has 1 aromatic rings. The maximum Gasteiger partial charge on any atom is 0.441 e. The molecule has 1 aromatic carbocycles. The number of aliphatic hydroxyl groups is 1. The van der Waals surface area contributed by atoms with Crippen molar-refractivity contribution in [3.05, 3.63) is 28.8 Å². The summed E-state index contributed by atoms with van der Waals surface area (Å²) >= 11 is 5.41. The van der Waals surface area contributed by atoms with Gasteiger partial charge in [-0.2, -0.15) is 13.2 Å². The third-order valence-electron chi connectivity index (χ3n) is 2.16. The second kappa shape index (κ2) is 6.99. The van der Waals surface area contributed by atoms with Gasteiger partial charge in [-0.15, -0.1) is 0 Å². The summed E-state index contributed by atoms with van der Waals surface area (Å²) in [5, 5.41) is 9.19. The average Bonchev–Trinajstić information content (AvgIpc) is 2.34. The van der Waals surface area contributed by atoms with E-state index in [4.69, 9.17) is 16.7 Å². The molecule has 0 heterocycles.